The number of anilines is 1. The van der Waals surface area contributed by atoms with Gasteiger partial charge in [-0.25, -0.2) is 0 Å². The van der Waals surface area contributed by atoms with Gasteiger partial charge in [0.2, 0.25) is 5.91 Å². The van der Waals surface area contributed by atoms with E-state index < -0.39 is 18.2 Å². The van der Waals surface area contributed by atoms with E-state index in [9.17, 15) is 14.4 Å². The number of rotatable bonds is 9. The molecule has 9 heteroatoms. The Kier molecular flexibility index (Phi) is 8.64. The summed E-state index contributed by atoms with van der Waals surface area (Å²) >= 11 is 0. The number of piperazine rings is 1. The zero-order chi connectivity index (χ0) is 25.8. The number of likely N-dealkylation sites (N-methyl/N-ethyl adjacent to an activating group) is 1. The smallest absolute Gasteiger partial charge is 0.251 e. The van der Waals surface area contributed by atoms with Gasteiger partial charge in [-0.15, -0.1) is 0 Å². The van der Waals surface area contributed by atoms with Crippen molar-refractivity contribution >= 4 is 23.3 Å². The molecule has 0 spiro atoms. The van der Waals surface area contributed by atoms with Gasteiger partial charge in [-0.05, 0) is 43.7 Å². The summed E-state index contributed by atoms with van der Waals surface area (Å²) in [5.41, 5.74) is 1.61. The first-order chi connectivity index (χ1) is 17.4. The first-order valence-corrected chi connectivity index (χ1v) is 13.3. The third-order valence-electron chi connectivity index (χ3n) is 7.88. The Morgan fingerprint density at radius 2 is 1.81 bits per heavy atom. The highest BCUT2D eigenvalue weighted by Gasteiger charge is 2.54. The molecule has 3 fully saturated rings. The Labute approximate surface area is 214 Å². The Morgan fingerprint density at radius 1 is 1.11 bits per heavy atom. The van der Waals surface area contributed by atoms with Gasteiger partial charge < -0.3 is 29.5 Å². The van der Waals surface area contributed by atoms with E-state index in [2.05, 4.69) is 22.0 Å². The molecule has 198 valence electrons. The van der Waals surface area contributed by atoms with Gasteiger partial charge in [0, 0.05) is 44.0 Å². The molecular weight excluding hydrogens is 460 g/mol. The standard InChI is InChI=1S/C27H40N4O5/c1-5-18(4)23(27(34)31-16-22(35-7-3)25-24(31)21(32)17-36-25)28-26(33)19-8-10-20(11-9-19)30-14-12-29(6-2)13-15-30/h8-11,18,22-25H,5-7,12-17H2,1-4H3,(H,28,33)/t18-,22-,23-,24+,25+/m0/s1. The summed E-state index contributed by atoms with van der Waals surface area (Å²) in [4.78, 5) is 45.8. The molecule has 0 bridgehead atoms. The molecule has 3 heterocycles. The summed E-state index contributed by atoms with van der Waals surface area (Å²) in [6.07, 6.45) is -0.0717. The van der Waals surface area contributed by atoms with Crippen LogP contribution in [0.25, 0.3) is 0 Å². The average Bonchev–Trinajstić information content (AvgIpc) is 3.47. The number of likely N-dealkylation sites (tertiary alicyclic amines) is 1. The molecule has 5 atom stereocenters. The van der Waals surface area contributed by atoms with Crippen molar-refractivity contribution in [1.29, 1.82) is 0 Å². The van der Waals surface area contributed by atoms with Crippen molar-refractivity contribution < 1.29 is 23.9 Å². The molecule has 0 aliphatic carbocycles. The lowest BCUT2D eigenvalue weighted by atomic mass is 9.96. The lowest BCUT2D eigenvalue weighted by molar-refractivity contribution is -0.139. The van der Waals surface area contributed by atoms with Crippen molar-refractivity contribution in [2.45, 2.75) is 58.4 Å². The summed E-state index contributed by atoms with van der Waals surface area (Å²) in [5.74, 6) is -0.751. The van der Waals surface area contributed by atoms with E-state index >= 15 is 0 Å². The lowest BCUT2D eigenvalue weighted by Crippen LogP contribution is -2.54. The van der Waals surface area contributed by atoms with Crippen molar-refractivity contribution in [3.05, 3.63) is 29.8 Å². The summed E-state index contributed by atoms with van der Waals surface area (Å²) < 4.78 is 11.4. The Morgan fingerprint density at radius 3 is 2.42 bits per heavy atom. The fourth-order valence-electron chi connectivity index (χ4n) is 5.43. The first-order valence-electron chi connectivity index (χ1n) is 13.3. The molecule has 3 aliphatic rings. The third-order valence-corrected chi connectivity index (χ3v) is 7.88. The van der Waals surface area contributed by atoms with E-state index in [1.807, 2.05) is 45.0 Å². The molecule has 3 aliphatic heterocycles. The molecule has 2 amide bonds. The van der Waals surface area contributed by atoms with E-state index in [1.165, 1.54) is 0 Å². The molecule has 0 radical (unpaired) electrons. The predicted molar refractivity (Wildman–Crippen MR) is 137 cm³/mol. The number of hydrogen-bond acceptors (Lipinski definition) is 7. The highest BCUT2D eigenvalue weighted by molar-refractivity contribution is 5.99. The molecule has 0 aromatic heterocycles. The van der Waals surface area contributed by atoms with Crippen LogP contribution in [0.1, 0.15) is 44.5 Å². The second-order valence-electron chi connectivity index (χ2n) is 9.98. The molecule has 0 unspecified atom stereocenters. The number of ketones is 1. The Hall–Kier alpha value is -2.49. The highest BCUT2D eigenvalue weighted by Crippen LogP contribution is 2.31. The van der Waals surface area contributed by atoms with Gasteiger partial charge >= 0.3 is 0 Å². The fourth-order valence-corrected chi connectivity index (χ4v) is 5.43. The van der Waals surface area contributed by atoms with Crippen LogP contribution in [0.3, 0.4) is 0 Å². The summed E-state index contributed by atoms with van der Waals surface area (Å²) in [6.45, 7) is 13.8. The SMILES string of the molecule is CCO[C@H]1CN(C(=O)[C@@H](NC(=O)c2ccc(N3CCN(CC)CC3)cc2)[C@@H](C)CC)[C@@H]2C(=O)CO[C@H]12. The van der Waals surface area contributed by atoms with Crippen LogP contribution in [-0.4, -0.2) is 104 Å². The van der Waals surface area contributed by atoms with Crippen LogP contribution in [0.4, 0.5) is 5.69 Å². The first kappa shape index (κ1) is 26.6. The van der Waals surface area contributed by atoms with Gasteiger partial charge in [-0.3, -0.25) is 14.4 Å². The second kappa shape index (κ2) is 11.7. The van der Waals surface area contributed by atoms with E-state index in [-0.39, 0.29) is 42.8 Å². The number of nitrogens with zero attached hydrogens (tertiary/aromatic N) is 3. The molecule has 1 N–H and O–H groups in total. The molecular formula is C27H40N4O5. The fraction of sp³-hybridized carbons (Fsp3) is 0.667. The second-order valence-corrected chi connectivity index (χ2v) is 9.98. The minimum Gasteiger partial charge on any atom is -0.374 e. The van der Waals surface area contributed by atoms with E-state index in [4.69, 9.17) is 9.47 Å². The van der Waals surface area contributed by atoms with E-state index in [0.717, 1.165) is 38.4 Å². The zero-order valence-corrected chi connectivity index (χ0v) is 21.9. The normalized spacial score (nSPS) is 26.1. The lowest BCUT2D eigenvalue weighted by Gasteiger charge is -2.35. The van der Waals surface area contributed by atoms with Crippen LogP contribution < -0.4 is 10.2 Å². The van der Waals surface area contributed by atoms with Gasteiger partial charge in [0.1, 0.15) is 30.9 Å². The maximum absolute atomic E-state index is 13.7. The van der Waals surface area contributed by atoms with Crippen molar-refractivity contribution in [3.8, 4) is 0 Å². The molecule has 4 rings (SSSR count). The van der Waals surface area contributed by atoms with E-state index in [1.54, 1.807) is 4.90 Å². The minimum atomic E-state index is -0.737. The molecule has 1 aromatic carbocycles. The number of ether oxygens (including phenoxy) is 2. The van der Waals surface area contributed by atoms with Crippen LogP contribution in [0.15, 0.2) is 24.3 Å². The van der Waals surface area contributed by atoms with Crippen molar-refractivity contribution in [2.75, 3.05) is 57.4 Å². The van der Waals surface area contributed by atoms with Gasteiger partial charge in [0.15, 0.2) is 5.78 Å². The topological polar surface area (TPSA) is 91.4 Å². The number of fused-ring (bicyclic) bond motifs is 1. The van der Waals surface area contributed by atoms with Gasteiger partial charge in [0.25, 0.3) is 5.91 Å². The molecule has 36 heavy (non-hydrogen) atoms. The van der Waals surface area contributed by atoms with Crippen LogP contribution in [-0.2, 0) is 19.1 Å². The quantitative estimate of drug-likeness (QED) is 0.550. The largest absolute Gasteiger partial charge is 0.374 e. The maximum Gasteiger partial charge on any atom is 0.251 e. The van der Waals surface area contributed by atoms with Crippen molar-refractivity contribution in [2.24, 2.45) is 5.92 Å². The highest BCUT2D eigenvalue weighted by atomic mass is 16.6. The van der Waals surface area contributed by atoms with Gasteiger partial charge in [-0.2, -0.15) is 0 Å². The number of hydrogen-bond donors (Lipinski definition) is 1. The predicted octanol–water partition coefficient (Wildman–Crippen LogP) is 1.56. The molecule has 1 aromatic rings. The number of carbonyl (C=O) groups is 3. The number of Topliss-reactive ketones (excluding diaryl/α,β-unsaturated/α-hetero) is 1. The van der Waals surface area contributed by atoms with Crippen LogP contribution in [0.2, 0.25) is 0 Å². The van der Waals surface area contributed by atoms with Crippen LogP contribution in [0, 0.1) is 5.92 Å². The minimum absolute atomic E-state index is 0.0110. The zero-order valence-electron chi connectivity index (χ0n) is 21.9. The number of benzene rings is 1. The van der Waals surface area contributed by atoms with Crippen molar-refractivity contribution in [1.82, 2.24) is 15.1 Å². The summed E-state index contributed by atoms with van der Waals surface area (Å²) in [6, 6.07) is 6.20. The van der Waals surface area contributed by atoms with Crippen molar-refractivity contribution in [3.63, 3.8) is 0 Å². The van der Waals surface area contributed by atoms with Gasteiger partial charge in [0.05, 0.1) is 6.54 Å². The monoisotopic (exact) mass is 500 g/mol. The summed E-state index contributed by atoms with van der Waals surface area (Å²) in [7, 11) is 0. The number of carbonyl (C=O) groups excluding carboxylic acids is 3. The molecule has 9 nitrogen and oxygen atoms in total. The molecule has 3 saturated heterocycles. The average molecular weight is 501 g/mol. The molecule has 0 saturated carbocycles. The van der Waals surface area contributed by atoms with E-state index in [0.29, 0.717) is 18.6 Å². The number of nitrogens with one attached hydrogen (secondary N) is 1. The third kappa shape index (κ3) is 5.43. The number of amides is 2. The maximum atomic E-state index is 13.7. The van der Waals surface area contributed by atoms with Crippen LogP contribution >= 0.6 is 0 Å². The Bertz CT molecular complexity index is 931. The summed E-state index contributed by atoms with van der Waals surface area (Å²) in [5, 5.41) is 2.97. The van der Waals surface area contributed by atoms with Crippen LogP contribution in [0.5, 0.6) is 0 Å². The Balaban J connectivity index is 1.45. The van der Waals surface area contributed by atoms with Gasteiger partial charge in [-0.1, -0.05) is 27.2 Å².